The molecule has 0 aliphatic carbocycles. The maximum absolute atomic E-state index is 12.1. The van der Waals surface area contributed by atoms with Crippen LogP contribution in [0.25, 0.3) is 16.3 Å². The van der Waals surface area contributed by atoms with Crippen LogP contribution < -0.4 is 5.56 Å². The van der Waals surface area contributed by atoms with E-state index in [0.29, 0.717) is 22.4 Å². The third-order valence-corrected chi connectivity index (χ3v) is 5.43. The van der Waals surface area contributed by atoms with Gasteiger partial charge in [0.1, 0.15) is 6.61 Å². The second kappa shape index (κ2) is 7.41. The smallest absolute Gasteiger partial charge is 0.306 e. The van der Waals surface area contributed by atoms with Gasteiger partial charge in [0.2, 0.25) is 11.7 Å². The van der Waals surface area contributed by atoms with Crippen molar-refractivity contribution in [1.82, 2.24) is 19.5 Å². The van der Waals surface area contributed by atoms with Gasteiger partial charge in [-0.1, -0.05) is 5.16 Å². The van der Waals surface area contributed by atoms with Crippen LogP contribution in [0.3, 0.4) is 0 Å². The predicted octanol–water partition coefficient (Wildman–Crippen LogP) is 2.85. The molecule has 0 bridgehead atoms. The van der Waals surface area contributed by atoms with Gasteiger partial charge in [0.15, 0.2) is 4.96 Å². The molecular weight excluding hydrogens is 388 g/mol. The minimum Gasteiger partial charge on any atom is -0.459 e. The van der Waals surface area contributed by atoms with E-state index in [4.69, 9.17) is 9.26 Å². The number of aryl methyl sites for hydroxylation is 2. The molecule has 4 aromatic rings. The van der Waals surface area contributed by atoms with E-state index in [0.717, 1.165) is 11.3 Å². The molecule has 10 heteroatoms. The fraction of sp³-hybridized carbons (Fsp3) is 0.235. The van der Waals surface area contributed by atoms with Crippen molar-refractivity contribution in [1.29, 1.82) is 0 Å². The van der Waals surface area contributed by atoms with Crippen molar-refractivity contribution in [2.24, 2.45) is 0 Å². The molecule has 4 aromatic heterocycles. The monoisotopic (exact) mass is 402 g/mol. The highest BCUT2D eigenvalue weighted by Gasteiger charge is 2.13. The summed E-state index contributed by atoms with van der Waals surface area (Å²) in [7, 11) is 0. The fourth-order valence-corrected chi connectivity index (χ4v) is 4.00. The Bertz CT molecular complexity index is 1140. The normalized spacial score (nSPS) is 11.1. The number of fused-ring (bicyclic) bond motifs is 1. The predicted molar refractivity (Wildman–Crippen MR) is 99.8 cm³/mol. The van der Waals surface area contributed by atoms with Gasteiger partial charge in [0.25, 0.3) is 5.56 Å². The molecule has 4 rings (SSSR count). The lowest BCUT2D eigenvalue weighted by Gasteiger charge is -2.04. The van der Waals surface area contributed by atoms with E-state index in [1.165, 1.54) is 21.8 Å². The van der Waals surface area contributed by atoms with Crippen LogP contribution in [0.15, 0.2) is 37.6 Å². The minimum atomic E-state index is -0.422. The zero-order valence-electron chi connectivity index (χ0n) is 14.2. The number of nitrogens with zero attached hydrogens (tertiary/aromatic N) is 4. The molecule has 0 atom stereocenters. The van der Waals surface area contributed by atoms with Crippen LogP contribution in [-0.2, 0) is 22.6 Å². The zero-order chi connectivity index (χ0) is 18.8. The van der Waals surface area contributed by atoms with Crippen LogP contribution in [0.2, 0.25) is 0 Å². The molecule has 0 aliphatic heterocycles. The molecule has 0 spiro atoms. The molecule has 0 aliphatic rings. The standard InChI is InChI=1S/C17H14N4O4S2/c1-10-8-27-17-18-12(6-14(22)21(10)17)7-24-15(23)3-2-13-19-16(20-25-13)11-4-5-26-9-11/h4-6,8-9H,2-3,7H2,1H3. The molecule has 0 aromatic carbocycles. The molecule has 0 amide bonds. The number of hydrogen-bond donors (Lipinski definition) is 0. The molecule has 0 saturated heterocycles. The van der Waals surface area contributed by atoms with Gasteiger partial charge in [-0.25, -0.2) is 4.98 Å². The Morgan fingerprint density at radius 1 is 1.33 bits per heavy atom. The molecule has 0 radical (unpaired) electrons. The fourth-order valence-electron chi connectivity index (χ4n) is 2.48. The molecule has 138 valence electrons. The van der Waals surface area contributed by atoms with Crippen LogP contribution in [0.4, 0.5) is 0 Å². The van der Waals surface area contributed by atoms with Gasteiger partial charge in [-0.15, -0.1) is 11.3 Å². The van der Waals surface area contributed by atoms with Crippen LogP contribution in [0.5, 0.6) is 0 Å². The number of rotatable bonds is 6. The average Bonchev–Trinajstić information content (AvgIpc) is 3.39. The van der Waals surface area contributed by atoms with Crippen molar-refractivity contribution in [3.8, 4) is 11.4 Å². The van der Waals surface area contributed by atoms with Crippen molar-refractivity contribution in [2.75, 3.05) is 0 Å². The summed E-state index contributed by atoms with van der Waals surface area (Å²) in [6.45, 7) is 1.79. The largest absolute Gasteiger partial charge is 0.459 e. The second-order valence-corrected chi connectivity index (χ2v) is 7.38. The Balaban J connectivity index is 1.33. The summed E-state index contributed by atoms with van der Waals surface area (Å²) in [5.41, 5.74) is 1.95. The second-order valence-electron chi connectivity index (χ2n) is 5.77. The lowest BCUT2D eigenvalue weighted by atomic mass is 10.3. The van der Waals surface area contributed by atoms with Crippen LogP contribution in [0.1, 0.15) is 23.7 Å². The molecular formula is C17H14N4O4S2. The first-order valence-corrected chi connectivity index (χ1v) is 9.90. The van der Waals surface area contributed by atoms with Crippen LogP contribution in [-0.4, -0.2) is 25.5 Å². The zero-order valence-corrected chi connectivity index (χ0v) is 15.9. The van der Waals surface area contributed by atoms with E-state index in [-0.39, 0.29) is 25.0 Å². The number of carbonyl (C=O) groups excluding carboxylic acids is 1. The summed E-state index contributed by atoms with van der Waals surface area (Å²) in [6, 6.07) is 3.28. The topological polar surface area (TPSA) is 99.6 Å². The summed E-state index contributed by atoms with van der Waals surface area (Å²) in [5, 5.41) is 9.60. The van der Waals surface area contributed by atoms with Crippen LogP contribution >= 0.6 is 22.7 Å². The van der Waals surface area contributed by atoms with Gasteiger partial charge in [-0.3, -0.25) is 14.0 Å². The van der Waals surface area contributed by atoms with Crippen molar-refractivity contribution < 1.29 is 14.1 Å². The molecule has 8 nitrogen and oxygen atoms in total. The summed E-state index contributed by atoms with van der Waals surface area (Å²) < 4.78 is 11.9. The van der Waals surface area contributed by atoms with E-state index < -0.39 is 5.97 Å². The third-order valence-electron chi connectivity index (χ3n) is 3.80. The Morgan fingerprint density at radius 3 is 3.04 bits per heavy atom. The Labute approximate surface area is 161 Å². The van der Waals surface area contributed by atoms with Gasteiger partial charge < -0.3 is 9.26 Å². The lowest BCUT2D eigenvalue weighted by Crippen LogP contribution is -2.16. The van der Waals surface area contributed by atoms with Gasteiger partial charge in [0, 0.05) is 34.5 Å². The van der Waals surface area contributed by atoms with E-state index in [9.17, 15) is 9.59 Å². The lowest BCUT2D eigenvalue weighted by molar-refractivity contribution is -0.145. The highest BCUT2D eigenvalue weighted by Crippen LogP contribution is 2.19. The van der Waals surface area contributed by atoms with Crippen molar-refractivity contribution >= 4 is 33.6 Å². The van der Waals surface area contributed by atoms with E-state index >= 15 is 0 Å². The number of ether oxygens (including phenoxy) is 1. The first-order valence-electron chi connectivity index (χ1n) is 8.08. The van der Waals surface area contributed by atoms with Crippen molar-refractivity contribution in [3.63, 3.8) is 0 Å². The first kappa shape index (κ1) is 17.6. The van der Waals surface area contributed by atoms with Gasteiger partial charge in [0.05, 0.1) is 12.1 Å². The molecule has 27 heavy (non-hydrogen) atoms. The van der Waals surface area contributed by atoms with Crippen LogP contribution in [0, 0.1) is 6.92 Å². The van der Waals surface area contributed by atoms with E-state index in [1.54, 1.807) is 11.3 Å². The van der Waals surface area contributed by atoms with Gasteiger partial charge in [-0.2, -0.15) is 16.3 Å². The summed E-state index contributed by atoms with van der Waals surface area (Å²) in [6.07, 6.45) is 0.389. The molecule has 0 saturated carbocycles. The van der Waals surface area contributed by atoms with E-state index in [1.807, 2.05) is 29.1 Å². The highest BCUT2D eigenvalue weighted by atomic mass is 32.1. The molecule has 0 N–H and O–H groups in total. The van der Waals surface area contributed by atoms with E-state index in [2.05, 4.69) is 15.1 Å². The van der Waals surface area contributed by atoms with Crippen molar-refractivity contribution in [2.45, 2.75) is 26.4 Å². The SMILES string of the molecule is Cc1csc2nc(COC(=O)CCc3nc(-c4ccsc4)no3)cc(=O)n12. The Hall–Kier alpha value is -2.85. The average molecular weight is 402 g/mol. The summed E-state index contributed by atoms with van der Waals surface area (Å²) in [4.78, 5) is 33.2. The summed E-state index contributed by atoms with van der Waals surface area (Å²) in [5.74, 6) is 0.457. The number of hydrogen-bond acceptors (Lipinski definition) is 9. The number of thiophene rings is 1. The summed E-state index contributed by atoms with van der Waals surface area (Å²) >= 11 is 2.91. The number of esters is 1. The quantitative estimate of drug-likeness (QED) is 0.457. The molecule has 4 heterocycles. The van der Waals surface area contributed by atoms with Gasteiger partial charge in [-0.05, 0) is 18.4 Å². The highest BCUT2D eigenvalue weighted by molar-refractivity contribution is 7.15. The van der Waals surface area contributed by atoms with Crippen molar-refractivity contribution in [3.05, 3.63) is 55.9 Å². The Kier molecular flexibility index (Phi) is 4.82. The molecule has 0 unspecified atom stereocenters. The number of thiazole rings is 1. The maximum Gasteiger partial charge on any atom is 0.306 e. The number of aromatic nitrogens is 4. The third kappa shape index (κ3) is 3.81. The van der Waals surface area contributed by atoms with Gasteiger partial charge >= 0.3 is 5.97 Å². The minimum absolute atomic E-state index is 0.0501. The molecule has 0 fully saturated rings. The first-order chi connectivity index (χ1) is 13.1. The number of carbonyl (C=O) groups is 1. The Morgan fingerprint density at radius 2 is 2.22 bits per heavy atom. The maximum atomic E-state index is 12.1.